The first-order chi connectivity index (χ1) is 9.75. The van der Waals surface area contributed by atoms with Crippen LogP contribution in [0.5, 0.6) is 0 Å². The highest BCUT2D eigenvalue weighted by Gasteiger charge is 2.28. The molecule has 0 atom stereocenters. The maximum atomic E-state index is 10.4. The third-order valence-corrected chi connectivity index (χ3v) is 4.48. The molecule has 4 nitrogen and oxygen atoms in total. The maximum absolute atomic E-state index is 10.4. The maximum Gasteiger partial charge on any atom is 0.183 e. The molecule has 0 amide bonds. The molecule has 5 heteroatoms. The molecule has 1 aromatic heterocycles. The van der Waals surface area contributed by atoms with Crippen LogP contribution in [-0.2, 0) is 0 Å². The van der Waals surface area contributed by atoms with Crippen LogP contribution in [0.4, 0.5) is 5.13 Å². The Morgan fingerprint density at radius 1 is 1.25 bits per heavy atom. The summed E-state index contributed by atoms with van der Waals surface area (Å²) in [6.07, 6.45) is 1.58. The number of hydrogen-bond acceptors (Lipinski definition) is 5. The lowest BCUT2D eigenvalue weighted by atomic mass is 9.92. The van der Waals surface area contributed by atoms with Crippen LogP contribution < -0.4 is 10.6 Å². The zero-order valence-corrected chi connectivity index (χ0v) is 12.1. The van der Waals surface area contributed by atoms with Gasteiger partial charge in [-0.2, -0.15) is 0 Å². The standard InChI is InChI=1S/C15H19N3OS/c19-15(6-8-16-9-7-15)11-17-14-18-13(10-20-14)12-4-2-1-3-5-12/h1-5,10,16,19H,6-9,11H2,(H,17,18). The Labute approximate surface area is 122 Å². The molecule has 106 valence electrons. The third-order valence-electron chi connectivity index (χ3n) is 3.68. The lowest BCUT2D eigenvalue weighted by Gasteiger charge is -2.32. The Morgan fingerprint density at radius 2 is 2.00 bits per heavy atom. The number of anilines is 1. The fraction of sp³-hybridized carbons (Fsp3) is 0.400. The molecular weight excluding hydrogens is 270 g/mol. The van der Waals surface area contributed by atoms with E-state index in [2.05, 4.69) is 27.8 Å². The second-order valence-electron chi connectivity index (χ2n) is 5.23. The highest BCUT2D eigenvalue weighted by atomic mass is 32.1. The molecule has 3 rings (SSSR count). The highest BCUT2D eigenvalue weighted by molar-refractivity contribution is 7.14. The first-order valence-electron chi connectivity index (χ1n) is 6.93. The number of aromatic nitrogens is 1. The second kappa shape index (κ2) is 5.91. The minimum absolute atomic E-state index is 0.566. The van der Waals surface area contributed by atoms with E-state index in [0.29, 0.717) is 6.54 Å². The van der Waals surface area contributed by atoms with E-state index in [1.54, 1.807) is 11.3 Å². The van der Waals surface area contributed by atoms with Crippen molar-refractivity contribution < 1.29 is 5.11 Å². The van der Waals surface area contributed by atoms with Gasteiger partial charge in [-0.3, -0.25) is 0 Å². The summed E-state index contributed by atoms with van der Waals surface area (Å²) < 4.78 is 0. The molecule has 0 aliphatic carbocycles. The van der Waals surface area contributed by atoms with Crippen LogP contribution in [0.15, 0.2) is 35.7 Å². The van der Waals surface area contributed by atoms with Crippen LogP contribution in [-0.4, -0.2) is 35.3 Å². The van der Waals surface area contributed by atoms with Crippen LogP contribution in [0, 0.1) is 0 Å². The first-order valence-corrected chi connectivity index (χ1v) is 7.81. The molecule has 0 saturated carbocycles. The minimum Gasteiger partial charge on any atom is -0.388 e. The number of thiazole rings is 1. The molecule has 3 N–H and O–H groups in total. The molecule has 1 aromatic carbocycles. The van der Waals surface area contributed by atoms with Crippen molar-refractivity contribution in [1.82, 2.24) is 10.3 Å². The van der Waals surface area contributed by atoms with Gasteiger partial charge >= 0.3 is 0 Å². The molecule has 1 aliphatic heterocycles. The average Bonchev–Trinajstić information content (AvgIpc) is 2.96. The number of nitrogens with zero attached hydrogens (tertiary/aromatic N) is 1. The Morgan fingerprint density at radius 3 is 2.75 bits per heavy atom. The fourth-order valence-corrected chi connectivity index (χ4v) is 3.12. The normalized spacial score (nSPS) is 17.9. The van der Waals surface area contributed by atoms with Gasteiger partial charge in [0.25, 0.3) is 0 Å². The minimum atomic E-state index is -0.607. The van der Waals surface area contributed by atoms with Crippen molar-refractivity contribution in [1.29, 1.82) is 0 Å². The van der Waals surface area contributed by atoms with Gasteiger partial charge in [-0.15, -0.1) is 11.3 Å². The van der Waals surface area contributed by atoms with E-state index in [1.807, 2.05) is 23.6 Å². The van der Waals surface area contributed by atoms with E-state index in [1.165, 1.54) is 0 Å². The van der Waals surface area contributed by atoms with Crippen molar-refractivity contribution in [2.75, 3.05) is 25.0 Å². The Balaban J connectivity index is 1.63. The predicted octanol–water partition coefficient (Wildman–Crippen LogP) is 2.34. The van der Waals surface area contributed by atoms with E-state index < -0.39 is 5.60 Å². The number of aliphatic hydroxyl groups is 1. The summed E-state index contributed by atoms with van der Waals surface area (Å²) in [4.78, 5) is 4.58. The lowest BCUT2D eigenvalue weighted by Crippen LogP contribution is -2.46. The quantitative estimate of drug-likeness (QED) is 0.808. The van der Waals surface area contributed by atoms with Crippen molar-refractivity contribution >= 4 is 16.5 Å². The summed E-state index contributed by atoms with van der Waals surface area (Å²) in [7, 11) is 0. The monoisotopic (exact) mass is 289 g/mol. The number of hydrogen-bond donors (Lipinski definition) is 3. The van der Waals surface area contributed by atoms with Crippen LogP contribution in [0.25, 0.3) is 11.3 Å². The molecule has 1 aliphatic rings. The van der Waals surface area contributed by atoms with E-state index in [9.17, 15) is 5.11 Å². The SMILES string of the molecule is OC1(CNc2nc(-c3ccccc3)cs2)CCNCC1. The molecule has 2 heterocycles. The summed E-state index contributed by atoms with van der Waals surface area (Å²) in [5.74, 6) is 0. The Bertz CT molecular complexity index is 549. The molecule has 1 fully saturated rings. The molecular formula is C15H19N3OS. The zero-order chi connectivity index (χ0) is 13.8. The van der Waals surface area contributed by atoms with Crippen molar-refractivity contribution in [3.05, 3.63) is 35.7 Å². The third kappa shape index (κ3) is 3.17. The lowest BCUT2D eigenvalue weighted by molar-refractivity contribution is 0.0232. The summed E-state index contributed by atoms with van der Waals surface area (Å²) in [6, 6.07) is 10.1. The molecule has 0 radical (unpaired) electrons. The number of piperidine rings is 1. The smallest absolute Gasteiger partial charge is 0.183 e. The molecule has 2 aromatic rings. The number of nitrogens with one attached hydrogen (secondary N) is 2. The Kier molecular flexibility index (Phi) is 4.00. The van der Waals surface area contributed by atoms with Gasteiger partial charge in [0.1, 0.15) is 0 Å². The molecule has 0 spiro atoms. The first kappa shape index (κ1) is 13.5. The topological polar surface area (TPSA) is 57.2 Å². The summed E-state index contributed by atoms with van der Waals surface area (Å²) in [6.45, 7) is 2.33. The van der Waals surface area contributed by atoms with E-state index in [0.717, 1.165) is 42.3 Å². The van der Waals surface area contributed by atoms with Gasteiger partial charge in [0.05, 0.1) is 11.3 Å². The van der Waals surface area contributed by atoms with Crippen molar-refractivity contribution in [2.24, 2.45) is 0 Å². The van der Waals surface area contributed by atoms with Crippen LogP contribution in [0.1, 0.15) is 12.8 Å². The largest absolute Gasteiger partial charge is 0.388 e. The predicted molar refractivity (Wildman–Crippen MR) is 83.1 cm³/mol. The van der Waals surface area contributed by atoms with Gasteiger partial charge in [-0.1, -0.05) is 30.3 Å². The van der Waals surface area contributed by atoms with Gasteiger partial charge in [0.2, 0.25) is 0 Å². The van der Waals surface area contributed by atoms with E-state index in [-0.39, 0.29) is 0 Å². The van der Waals surface area contributed by atoms with Crippen LogP contribution in [0.3, 0.4) is 0 Å². The van der Waals surface area contributed by atoms with Gasteiger partial charge in [0.15, 0.2) is 5.13 Å². The average molecular weight is 289 g/mol. The summed E-state index contributed by atoms with van der Waals surface area (Å²) in [5.41, 5.74) is 1.50. The summed E-state index contributed by atoms with van der Waals surface area (Å²) >= 11 is 1.58. The fourth-order valence-electron chi connectivity index (χ4n) is 2.41. The summed E-state index contributed by atoms with van der Waals surface area (Å²) in [5, 5.41) is 19.9. The Hall–Kier alpha value is -1.43. The van der Waals surface area contributed by atoms with E-state index in [4.69, 9.17) is 0 Å². The van der Waals surface area contributed by atoms with Crippen LogP contribution >= 0.6 is 11.3 Å². The molecule has 0 unspecified atom stereocenters. The number of benzene rings is 1. The van der Waals surface area contributed by atoms with Crippen molar-refractivity contribution in [3.63, 3.8) is 0 Å². The molecule has 20 heavy (non-hydrogen) atoms. The van der Waals surface area contributed by atoms with Gasteiger partial charge < -0.3 is 15.7 Å². The van der Waals surface area contributed by atoms with Crippen molar-refractivity contribution in [3.8, 4) is 11.3 Å². The van der Waals surface area contributed by atoms with Gasteiger partial charge in [0, 0.05) is 17.5 Å². The van der Waals surface area contributed by atoms with Gasteiger partial charge in [-0.25, -0.2) is 4.98 Å². The molecule has 0 bridgehead atoms. The number of rotatable bonds is 4. The second-order valence-corrected chi connectivity index (χ2v) is 6.09. The van der Waals surface area contributed by atoms with Crippen LogP contribution in [0.2, 0.25) is 0 Å². The zero-order valence-electron chi connectivity index (χ0n) is 11.3. The highest BCUT2D eigenvalue weighted by Crippen LogP contribution is 2.26. The van der Waals surface area contributed by atoms with Crippen molar-refractivity contribution in [2.45, 2.75) is 18.4 Å². The van der Waals surface area contributed by atoms with E-state index >= 15 is 0 Å². The molecule has 1 saturated heterocycles. The van der Waals surface area contributed by atoms with Gasteiger partial charge in [-0.05, 0) is 25.9 Å².